The summed E-state index contributed by atoms with van der Waals surface area (Å²) in [6.07, 6.45) is 7.88. The predicted molar refractivity (Wildman–Crippen MR) is 229 cm³/mol. The third kappa shape index (κ3) is 4.84. The van der Waals surface area contributed by atoms with Crippen molar-refractivity contribution in [2.24, 2.45) is 0 Å². The lowest BCUT2D eigenvalue weighted by atomic mass is 9.81. The van der Waals surface area contributed by atoms with E-state index in [0.29, 0.717) is 0 Å². The Labute approximate surface area is 318 Å². The first-order valence-corrected chi connectivity index (χ1v) is 18.7. The number of fused-ring (bicyclic) bond motifs is 6. The Morgan fingerprint density at radius 2 is 0.673 bits per heavy atom. The zero-order valence-electron chi connectivity index (χ0n) is 29.9. The highest BCUT2D eigenvalue weighted by Crippen LogP contribution is 2.53. The molecule has 3 nitrogen and oxygen atoms in total. The molecular weight excluding hydrogens is 667 g/mol. The summed E-state index contributed by atoms with van der Waals surface area (Å²) in [4.78, 5) is 9.38. The number of pyridine rings is 2. The van der Waals surface area contributed by atoms with E-state index in [2.05, 4.69) is 180 Å². The molecule has 0 saturated heterocycles. The molecule has 0 spiro atoms. The van der Waals surface area contributed by atoms with E-state index in [1.807, 2.05) is 24.8 Å². The van der Waals surface area contributed by atoms with E-state index in [1.54, 1.807) is 0 Å². The number of aromatic nitrogens is 3. The SMILES string of the molecule is c1ccc(-c2cccc(-c3ccccc3)c2-c2cc(-c3c(-c4ccccc4)cccc3-c3ccccc3)c3c4ccncc4n4c5cnccc5c2c34)cc1. The highest BCUT2D eigenvalue weighted by atomic mass is 14.9. The van der Waals surface area contributed by atoms with Gasteiger partial charge in [-0.2, -0.15) is 0 Å². The Kier molecular flexibility index (Phi) is 7.17. The quantitative estimate of drug-likeness (QED) is 0.173. The monoisotopic (exact) mass is 699 g/mol. The number of nitrogens with zero attached hydrogens (tertiary/aromatic N) is 3. The molecule has 0 bridgehead atoms. The smallest absolute Gasteiger partial charge is 0.0725 e. The summed E-state index contributed by atoms with van der Waals surface area (Å²) in [6.45, 7) is 0. The van der Waals surface area contributed by atoms with Crippen LogP contribution < -0.4 is 0 Å². The lowest BCUT2D eigenvalue weighted by Gasteiger charge is -2.21. The normalized spacial score (nSPS) is 11.6. The van der Waals surface area contributed by atoms with E-state index in [-0.39, 0.29) is 0 Å². The van der Waals surface area contributed by atoms with Gasteiger partial charge < -0.3 is 4.40 Å². The van der Waals surface area contributed by atoms with E-state index in [0.717, 1.165) is 11.0 Å². The minimum atomic E-state index is 1.07. The van der Waals surface area contributed by atoms with E-state index >= 15 is 0 Å². The molecule has 4 heterocycles. The standard InChI is InChI=1S/C52H33N3/c1-5-15-34(16-6-1)38-23-13-24-39(35-17-7-2-8-18-35)48(38)44-31-45(49-40(36-19-9-3-10-20-36)25-14-26-41(49)37-21-11-4-12-22-37)51-43-28-30-54-33-47(43)55-46-32-53-29-27-42(46)50(44)52(51)55/h1-33H. The molecule has 0 amide bonds. The fourth-order valence-corrected chi connectivity index (χ4v) is 8.87. The van der Waals surface area contributed by atoms with Crippen LogP contribution in [0.4, 0.5) is 0 Å². The highest BCUT2D eigenvalue weighted by molar-refractivity contribution is 6.32. The van der Waals surface area contributed by atoms with E-state index < -0.39 is 0 Å². The molecule has 11 aromatic rings. The molecule has 55 heavy (non-hydrogen) atoms. The Bertz CT molecular complexity index is 2840. The van der Waals surface area contributed by atoms with Crippen LogP contribution in [-0.4, -0.2) is 14.4 Å². The first-order chi connectivity index (χ1) is 27.3. The molecule has 0 radical (unpaired) electrons. The Morgan fingerprint density at radius 1 is 0.327 bits per heavy atom. The third-order valence-electron chi connectivity index (χ3n) is 11.2. The average molecular weight is 700 g/mol. The fraction of sp³-hybridized carbons (Fsp3) is 0. The summed E-state index contributed by atoms with van der Waals surface area (Å²) in [5.74, 6) is 0. The van der Waals surface area contributed by atoms with Crippen LogP contribution in [0.15, 0.2) is 201 Å². The summed E-state index contributed by atoms with van der Waals surface area (Å²) in [6, 6.07) is 63.7. The van der Waals surface area contributed by atoms with E-state index in [9.17, 15) is 0 Å². The van der Waals surface area contributed by atoms with Gasteiger partial charge in [0, 0.05) is 33.9 Å². The van der Waals surface area contributed by atoms with Crippen molar-refractivity contribution in [3.63, 3.8) is 0 Å². The van der Waals surface area contributed by atoms with Gasteiger partial charge in [0.1, 0.15) is 0 Å². The molecule has 0 atom stereocenters. The van der Waals surface area contributed by atoms with Crippen molar-refractivity contribution >= 4 is 38.1 Å². The van der Waals surface area contributed by atoms with Crippen molar-refractivity contribution in [1.82, 2.24) is 14.4 Å². The van der Waals surface area contributed by atoms with Crippen LogP contribution in [0, 0.1) is 0 Å². The van der Waals surface area contributed by atoms with Gasteiger partial charge in [-0.05, 0) is 85.0 Å². The maximum Gasteiger partial charge on any atom is 0.0725 e. The largest absolute Gasteiger partial charge is 0.305 e. The lowest BCUT2D eigenvalue weighted by molar-refractivity contribution is 1.27. The van der Waals surface area contributed by atoms with Crippen LogP contribution in [0.3, 0.4) is 0 Å². The summed E-state index contributed by atoms with van der Waals surface area (Å²) in [5.41, 5.74) is 17.6. The average Bonchev–Trinajstić information content (AvgIpc) is 3.80. The molecule has 0 saturated carbocycles. The van der Waals surface area contributed by atoms with Gasteiger partial charge >= 0.3 is 0 Å². The molecule has 0 aliphatic heterocycles. The fourth-order valence-electron chi connectivity index (χ4n) is 8.87. The van der Waals surface area contributed by atoms with Gasteiger partial charge in [0.2, 0.25) is 0 Å². The van der Waals surface area contributed by atoms with Crippen LogP contribution in [0.25, 0.3) is 105 Å². The molecular formula is C52H33N3. The maximum atomic E-state index is 4.69. The van der Waals surface area contributed by atoms with Crippen LogP contribution in [-0.2, 0) is 0 Å². The predicted octanol–water partition coefficient (Wildman–Crippen LogP) is 13.6. The van der Waals surface area contributed by atoms with Crippen molar-refractivity contribution in [1.29, 1.82) is 0 Å². The molecule has 0 aliphatic rings. The van der Waals surface area contributed by atoms with Gasteiger partial charge in [-0.3, -0.25) is 9.97 Å². The highest BCUT2D eigenvalue weighted by Gasteiger charge is 2.28. The minimum absolute atomic E-state index is 1.07. The second-order valence-corrected chi connectivity index (χ2v) is 14.1. The zero-order chi connectivity index (χ0) is 36.3. The Balaban J connectivity index is 1.40. The Hall–Kier alpha value is -7.36. The van der Waals surface area contributed by atoms with Crippen LogP contribution in [0.5, 0.6) is 0 Å². The second-order valence-electron chi connectivity index (χ2n) is 14.1. The van der Waals surface area contributed by atoms with Gasteiger partial charge in [0.05, 0.1) is 28.9 Å². The first-order valence-electron chi connectivity index (χ1n) is 18.7. The van der Waals surface area contributed by atoms with Crippen LogP contribution in [0.1, 0.15) is 0 Å². The van der Waals surface area contributed by atoms with E-state index in [1.165, 1.54) is 93.8 Å². The van der Waals surface area contributed by atoms with Gasteiger partial charge in [0.15, 0.2) is 0 Å². The summed E-state index contributed by atoms with van der Waals surface area (Å²) in [7, 11) is 0. The van der Waals surface area contributed by atoms with Gasteiger partial charge in [-0.1, -0.05) is 158 Å². The molecule has 256 valence electrons. The van der Waals surface area contributed by atoms with Crippen molar-refractivity contribution < 1.29 is 0 Å². The zero-order valence-corrected chi connectivity index (χ0v) is 29.9. The van der Waals surface area contributed by atoms with Crippen LogP contribution in [0.2, 0.25) is 0 Å². The van der Waals surface area contributed by atoms with Crippen molar-refractivity contribution in [3.8, 4) is 66.8 Å². The van der Waals surface area contributed by atoms with Crippen LogP contribution >= 0.6 is 0 Å². The molecule has 0 unspecified atom stereocenters. The Morgan fingerprint density at radius 3 is 1.02 bits per heavy atom. The number of benzene rings is 7. The van der Waals surface area contributed by atoms with Crippen molar-refractivity contribution in [3.05, 3.63) is 201 Å². The second kappa shape index (κ2) is 12.6. The van der Waals surface area contributed by atoms with Crippen molar-refractivity contribution in [2.75, 3.05) is 0 Å². The molecule has 3 heteroatoms. The van der Waals surface area contributed by atoms with E-state index in [4.69, 9.17) is 9.97 Å². The van der Waals surface area contributed by atoms with Crippen molar-refractivity contribution in [2.45, 2.75) is 0 Å². The summed E-state index contributed by atoms with van der Waals surface area (Å²) < 4.78 is 2.41. The van der Waals surface area contributed by atoms with Gasteiger partial charge in [0.25, 0.3) is 0 Å². The molecule has 0 fully saturated rings. The molecule has 4 aromatic heterocycles. The first kappa shape index (κ1) is 31.2. The number of hydrogen-bond acceptors (Lipinski definition) is 2. The molecule has 0 N–H and O–H groups in total. The molecule has 0 aliphatic carbocycles. The summed E-state index contributed by atoms with van der Waals surface area (Å²) in [5, 5.41) is 4.77. The number of rotatable bonds is 6. The third-order valence-corrected chi connectivity index (χ3v) is 11.2. The topological polar surface area (TPSA) is 30.2 Å². The van der Waals surface area contributed by atoms with Gasteiger partial charge in [-0.25, -0.2) is 0 Å². The number of hydrogen-bond donors (Lipinski definition) is 0. The minimum Gasteiger partial charge on any atom is -0.305 e. The maximum absolute atomic E-state index is 4.69. The molecule has 11 rings (SSSR count). The summed E-state index contributed by atoms with van der Waals surface area (Å²) >= 11 is 0. The van der Waals surface area contributed by atoms with Gasteiger partial charge in [-0.15, -0.1) is 0 Å². The lowest BCUT2D eigenvalue weighted by Crippen LogP contribution is -1.95. The molecule has 7 aromatic carbocycles.